The minimum absolute atomic E-state index is 1.15. The molecule has 0 N–H and O–H groups in total. The van der Waals surface area contributed by atoms with Crippen molar-refractivity contribution in [2.24, 2.45) is 0 Å². The molecular formula is C6H11GeI3. The summed E-state index contributed by atoms with van der Waals surface area (Å²) in [6.07, 6.45) is 7.59. The van der Waals surface area contributed by atoms with Gasteiger partial charge in [-0.3, -0.25) is 0 Å². The van der Waals surface area contributed by atoms with E-state index >= 15 is 0 Å². The third-order valence-corrected chi connectivity index (χ3v) is 19.0. The Bertz CT molecular complexity index is 104. The van der Waals surface area contributed by atoms with E-state index in [4.69, 9.17) is 0 Å². The quantitative estimate of drug-likeness (QED) is 0.341. The van der Waals surface area contributed by atoms with Crippen LogP contribution in [0.5, 0.6) is 0 Å². The van der Waals surface area contributed by atoms with E-state index in [0.29, 0.717) is 0 Å². The van der Waals surface area contributed by atoms with Crippen LogP contribution in [0.25, 0.3) is 0 Å². The van der Waals surface area contributed by atoms with E-state index in [2.05, 4.69) is 60.6 Å². The van der Waals surface area contributed by atoms with Gasteiger partial charge < -0.3 is 0 Å². The molecule has 4 heteroatoms. The number of hydrogen-bond donors (Lipinski definition) is 0. The summed E-state index contributed by atoms with van der Waals surface area (Å²) in [7, 11) is 0. The molecule has 0 heterocycles. The van der Waals surface area contributed by atoms with Crippen LogP contribution in [0.2, 0.25) is 4.75 Å². The Balaban J connectivity index is 2.39. The third kappa shape index (κ3) is 3.63. The van der Waals surface area contributed by atoms with Gasteiger partial charge in [0.25, 0.3) is 0 Å². The van der Waals surface area contributed by atoms with Crippen molar-refractivity contribution in [3.63, 3.8) is 0 Å². The molecule has 0 aromatic rings. The molecule has 0 bridgehead atoms. The Labute approximate surface area is 98.9 Å². The summed E-state index contributed by atoms with van der Waals surface area (Å²) < 4.78 is -0.162. The molecule has 0 atom stereocenters. The molecule has 0 radical (unpaired) electrons. The summed E-state index contributed by atoms with van der Waals surface area (Å²) in [5.41, 5.74) is 0. The van der Waals surface area contributed by atoms with Crippen LogP contribution in [0.1, 0.15) is 32.1 Å². The molecule has 0 spiro atoms. The number of rotatable bonds is 1. The third-order valence-electron chi connectivity index (χ3n) is 2.07. The van der Waals surface area contributed by atoms with Gasteiger partial charge in [-0.15, -0.1) is 0 Å². The summed E-state index contributed by atoms with van der Waals surface area (Å²) in [5, 5.41) is 0. The van der Waals surface area contributed by atoms with Gasteiger partial charge in [0.15, 0.2) is 0 Å². The predicted molar refractivity (Wildman–Crippen MR) is 74.6 cm³/mol. The molecule has 0 aromatic heterocycles. The molecule has 0 unspecified atom stereocenters. The second kappa shape index (κ2) is 4.83. The average Bonchev–Trinajstić information content (AvgIpc) is 1.88. The van der Waals surface area contributed by atoms with Crippen LogP contribution in [-0.2, 0) is 0 Å². The molecule has 1 saturated carbocycles. The fourth-order valence-electron chi connectivity index (χ4n) is 1.43. The SMILES string of the molecule is [I][Ge]([I])([I])[CH]1CCCCC1. The Morgan fingerprint density at radius 3 is 1.70 bits per heavy atom. The summed E-state index contributed by atoms with van der Waals surface area (Å²) >= 11 is 8.27. The van der Waals surface area contributed by atoms with E-state index in [-0.39, 0.29) is 0 Å². The molecule has 1 rings (SSSR count). The number of hydrogen-bond acceptors (Lipinski definition) is 0. The van der Waals surface area contributed by atoms with Crippen molar-refractivity contribution in [3.05, 3.63) is 0 Å². The van der Waals surface area contributed by atoms with Crippen molar-refractivity contribution in [1.29, 1.82) is 0 Å². The van der Waals surface area contributed by atoms with E-state index in [9.17, 15) is 0 Å². The molecule has 60 valence electrons. The minimum atomic E-state index is -1.31. The van der Waals surface area contributed by atoms with Gasteiger partial charge in [0, 0.05) is 0 Å². The van der Waals surface area contributed by atoms with Gasteiger partial charge in [-0.25, -0.2) is 0 Å². The summed E-state index contributed by atoms with van der Waals surface area (Å²) in [6.45, 7) is 0. The van der Waals surface area contributed by atoms with E-state index in [1.54, 1.807) is 0 Å². The first-order chi connectivity index (χ1) is 4.61. The Morgan fingerprint density at radius 2 is 1.40 bits per heavy atom. The maximum atomic E-state index is 2.76. The summed E-state index contributed by atoms with van der Waals surface area (Å²) in [5.74, 6) is 0. The van der Waals surface area contributed by atoms with Crippen molar-refractivity contribution < 1.29 is 0 Å². The summed E-state index contributed by atoms with van der Waals surface area (Å²) in [4.78, 5) is 0. The van der Waals surface area contributed by atoms with Gasteiger partial charge in [-0.1, -0.05) is 0 Å². The molecule has 1 aliphatic carbocycles. The Morgan fingerprint density at radius 1 is 0.900 bits per heavy atom. The van der Waals surface area contributed by atoms with Gasteiger partial charge in [-0.2, -0.15) is 0 Å². The molecule has 0 saturated heterocycles. The normalized spacial score (nSPS) is 23.1. The van der Waals surface area contributed by atoms with Crippen LogP contribution >= 0.6 is 60.6 Å². The van der Waals surface area contributed by atoms with Crippen LogP contribution < -0.4 is 0 Å². The van der Waals surface area contributed by atoms with Crippen molar-refractivity contribution in [2.75, 3.05) is 0 Å². The monoisotopic (exact) mass is 538 g/mol. The summed E-state index contributed by atoms with van der Waals surface area (Å²) in [6, 6.07) is 0. The van der Waals surface area contributed by atoms with Crippen LogP contribution in [-0.4, -0.2) is 3.34 Å². The second-order valence-corrected chi connectivity index (χ2v) is 65.6. The number of halogens is 3. The van der Waals surface area contributed by atoms with Crippen LogP contribution in [0.4, 0.5) is 0 Å². The zero-order valence-electron chi connectivity index (χ0n) is 5.75. The van der Waals surface area contributed by atoms with Gasteiger partial charge in [0.2, 0.25) is 0 Å². The first kappa shape index (κ1) is 10.8. The zero-order valence-corrected chi connectivity index (χ0v) is 14.3. The van der Waals surface area contributed by atoms with Crippen LogP contribution in [0.15, 0.2) is 0 Å². The Kier molecular flexibility index (Phi) is 5.22. The molecule has 0 amide bonds. The van der Waals surface area contributed by atoms with Gasteiger partial charge in [0.05, 0.1) is 0 Å². The van der Waals surface area contributed by atoms with E-state index < -0.39 is 3.34 Å². The zero-order chi connectivity index (χ0) is 7.61. The van der Waals surface area contributed by atoms with E-state index in [1.165, 1.54) is 32.1 Å². The van der Waals surface area contributed by atoms with Crippen LogP contribution in [0.3, 0.4) is 0 Å². The first-order valence-corrected chi connectivity index (χ1v) is 24.1. The molecular weight excluding hydrogens is 525 g/mol. The predicted octanol–water partition coefficient (Wildman–Crippen LogP) is 4.56. The molecule has 1 fully saturated rings. The average molecular weight is 536 g/mol. The molecule has 0 aromatic carbocycles. The van der Waals surface area contributed by atoms with Crippen molar-refractivity contribution in [3.8, 4) is 0 Å². The van der Waals surface area contributed by atoms with Crippen molar-refractivity contribution in [1.82, 2.24) is 0 Å². The fourth-order valence-corrected chi connectivity index (χ4v) is 13.4. The van der Waals surface area contributed by atoms with Crippen molar-refractivity contribution in [2.45, 2.75) is 36.9 Å². The molecule has 10 heavy (non-hydrogen) atoms. The Hall–Kier alpha value is 2.73. The van der Waals surface area contributed by atoms with Crippen molar-refractivity contribution >= 4 is 64.0 Å². The van der Waals surface area contributed by atoms with E-state index in [1.807, 2.05) is 0 Å². The maximum absolute atomic E-state index is 2.76. The second-order valence-electron chi connectivity index (χ2n) is 2.88. The van der Waals surface area contributed by atoms with Gasteiger partial charge in [-0.05, 0) is 0 Å². The van der Waals surface area contributed by atoms with E-state index in [0.717, 1.165) is 4.75 Å². The molecule has 1 aliphatic rings. The van der Waals surface area contributed by atoms with Crippen LogP contribution in [0, 0.1) is 0 Å². The first-order valence-electron chi connectivity index (χ1n) is 3.67. The fraction of sp³-hybridized carbons (Fsp3) is 1.00. The molecule has 0 nitrogen and oxygen atoms in total. The standard InChI is InChI=1S/C6H11GeI3/c8-7(9,10)6-4-2-1-3-5-6/h6H,1-5H2. The van der Waals surface area contributed by atoms with Gasteiger partial charge >= 0.3 is 101 Å². The topological polar surface area (TPSA) is 0 Å². The van der Waals surface area contributed by atoms with Gasteiger partial charge in [0.1, 0.15) is 0 Å². The molecule has 0 aliphatic heterocycles.